The third-order valence-corrected chi connectivity index (χ3v) is 6.27. The van der Waals surface area contributed by atoms with Crippen LogP contribution in [0.15, 0.2) is 33.6 Å². The first-order valence-corrected chi connectivity index (χ1v) is 10.1. The van der Waals surface area contributed by atoms with Gasteiger partial charge in [0, 0.05) is 18.2 Å². The second-order valence-corrected chi connectivity index (χ2v) is 8.45. The minimum Gasteiger partial charge on any atom is -0.419 e. The molecule has 2 aromatic heterocycles. The molecule has 0 spiro atoms. The first-order valence-electron chi connectivity index (χ1n) is 8.62. The smallest absolute Gasteiger partial charge is 0.264 e. The molecule has 1 aliphatic rings. The van der Waals surface area contributed by atoms with Crippen LogP contribution in [0.4, 0.5) is 4.39 Å². The maximum atomic E-state index is 13.0. The second kappa shape index (κ2) is 6.58. The lowest BCUT2D eigenvalue weighted by Gasteiger charge is -2.08. The third kappa shape index (κ3) is 3.52. The molecule has 2 N–H and O–H groups in total. The number of aromatic nitrogens is 3. The van der Waals surface area contributed by atoms with Crippen LogP contribution in [0.1, 0.15) is 41.5 Å². The monoisotopic (exact) mass is 390 g/mol. The molecule has 2 heterocycles. The summed E-state index contributed by atoms with van der Waals surface area (Å²) in [6.07, 6.45) is 2.08. The number of hydrogen-bond acceptors (Lipinski definition) is 5. The normalized spacial score (nSPS) is 14.6. The van der Waals surface area contributed by atoms with Gasteiger partial charge in [0.1, 0.15) is 16.4 Å². The van der Waals surface area contributed by atoms with Crippen molar-refractivity contribution in [3.8, 4) is 11.6 Å². The maximum Gasteiger partial charge on any atom is 0.264 e. The number of H-pyrrole nitrogens is 1. The van der Waals surface area contributed by atoms with E-state index in [0.717, 1.165) is 12.8 Å². The lowest BCUT2D eigenvalue weighted by atomic mass is 10.2. The number of aryl methyl sites for hydroxylation is 1. The number of nitrogens with one attached hydrogen (secondary N) is 2. The predicted molar refractivity (Wildman–Crippen MR) is 96.0 cm³/mol. The van der Waals surface area contributed by atoms with Gasteiger partial charge in [-0.25, -0.2) is 17.5 Å². The van der Waals surface area contributed by atoms with Crippen molar-refractivity contribution in [3.05, 3.63) is 52.8 Å². The molecule has 4 rings (SSSR count). The number of nitrogens with zero attached hydrogens (tertiary/aromatic N) is 2. The fourth-order valence-corrected chi connectivity index (χ4v) is 4.49. The van der Waals surface area contributed by atoms with Crippen LogP contribution in [0, 0.1) is 19.7 Å². The molecule has 0 atom stereocenters. The van der Waals surface area contributed by atoms with E-state index in [2.05, 4.69) is 19.9 Å². The standard InChI is InChI=1S/C18H19FN4O3S/c1-10-15(18-23-22-17(26-18)13-5-6-13)21-11(2)16(10)27(24,25)20-9-12-3-7-14(19)8-4-12/h3-4,7-8,13,20-21H,5-6,9H2,1-2H3. The second-order valence-electron chi connectivity index (χ2n) is 6.75. The van der Waals surface area contributed by atoms with Crippen LogP contribution in [-0.2, 0) is 16.6 Å². The minimum absolute atomic E-state index is 0.0639. The topological polar surface area (TPSA) is 101 Å². The molecular weight excluding hydrogens is 371 g/mol. The van der Waals surface area contributed by atoms with E-state index >= 15 is 0 Å². The minimum atomic E-state index is -3.78. The first kappa shape index (κ1) is 17.9. The summed E-state index contributed by atoms with van der Waals surface area (Å²) in [6.45, 7) is 3.45. The van der Waals surface area contributed by atoms with E-state index in [1.54, 1.807) is 13.8 Å². The van der Waals surface area contributed by atoms with Gasteiger partial charge in [0.05, 0.1) is 0 Å². The summed E-state index contributed by atoms with van der Waals surface area (Å²) in [6, 6.07) is 5.67. The largest absolute Gasteiger partial charge is 0.419 e. The SMILES string of the molecule is Cc1[nH]c(-c2nnc(C3CC3)o2)c(C)c1S(=O)(=O)NCc1ccc(F)cc1. The lowest BCUT2D eigenvalue weighted by molar-refractivity contribution is 0.507. The summed E-state index contributed by atoms with van der Waals surface area (Å²) in [5.74, 6) is 0.838. The highest BCUT2D eigenvalue weighted by Gasteiger charge is 2.31. The van der Waals surface area contributed by atoms with Gasteiger partial charge in [0.25, 0.3) is 5.89 Å². The molecule has 1 saturated carbocycles. The zero-order valence-corrected chi connectivity index (χ0v) is 15.7. The highest BCUT2D eigenvalue weighted by Crippen LogP contribution is 2.40. The molecule has 3 aromatic rings. The summed E-state index contributed by atoms with van der Waals surface area (Å²) in [4.78, 5) is 3.21. The number of sulfonamides is 1. The molecule has 0 amide bonds. The Hall–Kier alpha value is -2.52. The van der Waals surface area contributed by atoms with Crippen LogP contribution in [-0.4, -0.2) is 23.6 Å². The van der Waals surface area contributed by atoms with E-state index in [-0.39, 0.29) is 23.1 Å². The van der Waals surface area contributed by atoms with E-state index in [1.807, 2.05) is 0 Å². The fraction of sp³-hybridized carbons (Fsp3) is 0.333. The molecule has 0 aliphatic heterocycles. The number of rotatable bonds is 6. The Kier molecular flexibility index (Phi) is 4.35. The Morgan fingerprint density at radius 3 is 2.59 bits per heavy atom. The maximum absolute atomic E-state index is 13.0. The molecule has 1 fully saturated rings. The lowest BCUT2D eigenvalue weighted by Crippen LogP contribution is -2.24. The van der Waals surface area contributed by atoms with Crippen LogP contribution in [0.2, 0.25) is 0 Å². The third-order valence-electron chi connectivity index (χ3n) is 4.60. The average molecular weight is 390 g/mol. The molecule has 9 heteroatoms. The summed E-state index contributed by atoms with van der Waals surface area (Å²) in [7, 11) is -3.78. The molecule has 27 heavy (non-hydrogen) atoms. The quantitative estimate of drug-likeness (QED) is 0.673. The summed E-state index contributed by atoms with van der Waals surface area (Å²) in [5, 5.41) is 8.10. The molecule has 0 bridgehead atoms. The Morgan fingerprint density at radius 2 is 1.93 bits per heavy atom. The van der Waals surface area contributed by atoms with Crippen molar-refractivity contribution < 1.29 is 17.2 Å². The van der Waals surface area contributed by atoms with E-state index < -0.39 is 10.0 Å². The average Bonchev–Trinajstić information content (AvgIpc) is 3.27. The Bertz CT molecular complexity index is 1080. The van der Waals surface area contributed by atoms with Crippen LogP contribution in [0.25, 0.3) is 11.6 Å². The van der Waals surface area contributed by atoms with Crippen LogP contribution >= 0.6 is 0 Å². The van der Waals surface area contributed by atoms with E-state index in [9.17, 15) is 12.8 Å². The number of hydrogen-bond donors (Lipinski definition) is 2. The van der Waals surface area contributed by atoms with Gasteiger partial charge < -0.3 is 9.40 Å². The fourth-order valence-electron chi connectivity index (χ4n) is 3.03. The van der Waals surface area contributed by atoms with E-state index in [4.69, 9.17) is 4.42 Å². The molecule has 1 aromatic carbocycles. The van der Waals surface area contributed by atoms with Crippen molar-refractivity contribution in [1.82, 2.24) is 19.9 Å². The molecule has 142 valence electrons. The van der Waals surface area contributed by atoms with E-state index in [0.29, 0.717) is 34.3 Å². The molecule has 7 nitrogen and oxygen atoms in total. The molecule has 0 unspecified atom stereocenters. The van der Waals surface area contributed by atoms with Crippen molar-refractivity contribution in [2.75, 3.05) is 0 Å². The summed E-state index contributed by atoms with van der Waals surface area (Å²) in [5.41, 5.74) is 2.18. The van der Waals surface area contributed by atoms with Gasteiger partial charge in [-0.15, -0.1) is 10.2 Å². The van der Waals surface area contributed by atoms with Gasteiger partial charge in [-0.1, -0.05) is 12.1 Å². The van der Waals surface area contributed by atoms with Crippen molar-refractivity contribution in [2.45, 2.75) is 44.0 Å². The van der Waals surface area contributed by atoms with Crippen molar-refractivity contribution >= 4 is 10.0 Å². The summed E-state index contributed by atoms with van der Waals surface area (Å²) < 4.78 is 46.9. The van der Waals surface area contributed by atoms with Gasteiger partial charge >= 0.3 is 0 Å². The van der Waals surface area contributed by atoms with Gasteiger partial charge in [0.2, 0.25) is 15.9 Å². The number of aromatic amines is 1. The van der Waals surface area contributed by atoms with Gasteiger partial charge in [-0.2, -0.15) is 0 Å². The van der Waals surface area contributed by atoms with Crippen LogP contribution < -0.4 is 4.72 Å². The van der Waals surface area contributed by atoms with Crippen molar-refractivity contribution in [2.24, 2.45) is 0 Å². The van der Waals surface area contributed by atoms with Gasteiger partial charge in [-0.05, 0) is 49.9 Å². The Labute approximate surface area is 156 Å². The zero-order valence-electron chi connectivity index (χ0n) is 14.9. The van der Waals surface area contributed by atoms with Crippen LogP contribution in [0.5, 0.6) is 0 Å². The molecule has 1 aliphatic carbocycles. The number of benzene rings is 1. The van der Waals surface area contributed by atoms with Gasteiger partial charge in [0.15, 0.2) is 0 Å². The Balaban J connectivity index is 1.60. The predicted octanol–water partition coefficient (Wildman–Crippen LogP) is 3.18. The molecule has 0 radical (unpaired) electrons. The van der Waals surface area contributed by atoms with Crippen molar-refractivity contribution in [3.63, 3.8) is 0 Å². The van der Waals surface area contributed by atoms with E-state index in [1.165, 1.54) is 24.3 Å². The van der Waals surface area contributed by atoms with Gasteiger partial charge in [-0.3, -0.25) is 0 Å². The first-order chi connectivity index (χ1) is 12.8. The zero-order chi connectivity index (χ0) is 19.2. The number of halogens is 1. The molecular formula is C18H19FN4O3S. The summed E-state index contributed by atoms with van der Waals surface area (Å²) >= 11 is 0. The Morgan fingerprint density at radius 1 is 1.22 bits per heavy atom. The highest BCUT2D eigenvalue weighted by atomic mass is 32.2. The highest BCUT2D eigenvalue weighted by molar-refractivity contribution is 7.89. The van der Waals surface area contributed by atoms with Crippen LogP contribution in [0.3, 0.4) is 0 Å². The molecule has 0 saturated heterocycles. The van der Waals surface area contributed by atoms with Crippen molar-refractivity contribution in [1.29, 1.82) is 0 Å².